The Morgan fingerprint density at radius 1 is 1.12 bits per heavy atom. The molecule has 4 rings (SSSR count). The molecule has 0 bridgehead atoms. The van der Waals surface area contributed by atoms with Crippen molar-refractivity contribution in [2.45, 2.75) is 45.3 Å². The van der Waals surface area contributed by atoms with Gasteiger partial charge in [-0.25, -0.2) is 9.18 Å². The van der Waals surface area contributed by atoms with Crippen LogP contribution in [0.15, 0.2) is 18.2 Å². The number of aliphatic carboxylic acids is 1. The second kappa shape index (κ2) is 12.6. The Morgan fingerprint density at radius 2 is 1.83 bits per heavy atom. The number of nitrogens with one attached hydrogen (secondary N) is 1. The minimum atomic E-state index is -1.10. The summed E-state index contributed by atoms with van der Waals surface area (Å²) < 4.78 is 37.0. The van der Waals surface area contributed by atoms with Crippen LogP contribution in [0.2, 0.25) is 0 Å². The number of amidine groups is 1. The van der Waals surface area contributed by atoms with Crippen molar-refractivity contribution < 1.29 is 38.0 Å². The van der Waals surface area contributed by atoms with Gasteiger partial charge in [0.15, 0.2) is 29.7 Å². The first-order valence-electron chi connectivity index (χ1n) is 13.0. The Hall–Kier alpha value is -3.38. The summed E-state index contributed by atoms with van der Waals surface area (Å²) in [7, 11) is 4.39. The monoisotopic (exact) mass is 637 g/mol. The second-order valence-electron chi connectivity index (χ2n) is 11.0. The lowest BCUT2D eigenvalue weighted by molar-refractivity contribution is -0.139. The lowest BCUT2D eigenvalue weighted by atomic mass is 9.84. The van der Waals surface area contributed by atoms with Gasteiger partial charge < -0.3 is 33.9 Å². The normalized spacial score (nSPS) is 16.4. The summed E-state index contributed by atoms with van der Waals surface area (Å²) in [6.07, 6.45) is 0.775. The summed E-state index contributed by atoms with van der Waals surface area (Å²) in [6.45, 7) is 6.60. The van der Waals surface area contributed by atoms with Crippen molar-refractivity contribution >= 4 is 40.3 Å². The number of carbonyl (C=O) groups is 2. The van der Waals surface area contributed by atoms with E-state index in [0.29, 0.717) is 41.2 Å². The molecule has 0 saturated carbocycles. The molecule has 2 N–H and O–H groups in total. The highest BCUT2D eigenvalue weighted by atomic mass is 79.9. The minimum absolute atomic E-state index is 0. The zero-order valence-corrected chi connectivity index (χ0v) is 25.8. The van der Waals surface area contributed by atoms with Crippen LogP contribution in [-0.2, 0) is 21.5 Å². The number of ether oxygens (including phenoxy) is 4. The second-order valence-corrected chi connectivity index (χ2v) is 11.0. The fourth-order valence-corrected chi connectivity index (χ4v) is 5.22. The zero-order valence-electron chi connectivity index (χ0n) is 24.1. The van der Waals surface area contributed by atoms with Crippen molar-refractivity contribution in [1.82, 2.24) is 4.90 Å². The number of nitrogens with zero attached hydrogens (tertiary/aromatic N) is 2. The Labute approximate surface area is 249 Å². The van der Waals surface area contributed by atoms with Crippen molar-refractivity contribution in [3.63, 3.8) is 0 Å². The summed E-state index contributed by atoms with van der Waals surface area (Å²) >= 11 is 0. The van der Waals surface area contributed by atoms with Crippen molar-refractivity contribution in [3.8, 4) is 17.2 Å². The average molecular weight is 639 g/mol. The summed E-state index contributed by atoms with van der Waals surface area (Å²) in [5.74, 6) is -1.62. The van der Waals surface area contributed by atoms with Gasteiger partial charge in [-0.3, -0.25) is 10.2 Å². The fraction of sp³-hybridized carbons (Fsp3) is 0.483. The molecule has 1 atom stereocenters. The predicted octanol–water partition coefficient (Wildman–Crippen LogP) is 4.43. The third kappa shape index (κ3) is 6.43. The van der Waals surface area contributed by atoms with E-state index in [-0.39, 0.29) is 64.9 Å². The van der Waals surface area contributed by atoms with Crippen molar-refractivity contribution in [3.05, 3.63) is 46.3 Å². The zero-order chi connectivity index (χ0) is 29.4. The van der Waals surface area contributed by atoms with E-state index < -0.39 is 23.8 Å². The number of Topliss-reactive ketones (excluding diaryl/α,β-unsaturated/α-hetero) is 1. The molecule has 224 valence electrons. The van der Waals surface area contributed by atoms with Crippen LogP contribution < -0.4 is 19.1 Å². The Bertz CT molecular complexity index is 1340. The maximum absolute atomic E-state index is 15.2. The first-order chi connectivity index (χ1) is 18.9. The Kier molecular flexibility index (Phi) is 9.91. The van der Waals surface area contributed by atoms with E-state index in [1.807, 2.05) is 25.7 Å². The van der Waals surface area contributed by atoms with E-state index in [1.165, 1.54) is 19.1 Å². The van der Waals surface area contributed by atoms with Gasteiger partial charge in [-0.2, -0.15) is 0 Å². The number of benzene rings is 2. The molecule has 0 spiro atoms. The number of ketones is 1. The molecule has 0 amide bonds. The predicted molar refractivity (Wildman–Crippen MR) is 157 cm³/mol. The lowest BCUT2D eigenvalue weighted by Crippen LogP contribution is -2.31. The highest BCUT2D eigenvalue weighted by Gasteiger charge is 2.34. The number of fused-ring (bicyclic) bond motifs is 1. The van der Waals surface area contributed by atoms with Gasteiger partial charge in [0.2, 0.25) is 0 Å². The van der Waals surface area contributed by atoms with Crippen molar-refractivity contribution in [2.75, 3.05) is 52.5 Å². The summed E-state index contributed by atoms with van der Waals surface area (Å²) in [4.78, 5) is 28.6. The number of anilines is 1. The highest BCUT2D eigenvalue weighted by Crippen LogP contribution is 2.42. The average Bonchev–Trinajstić information content (AvgIpc) is 3.50. The van der Waals surface area contributed by atoms with Crippen LogP contribution in [0.4, 0.5) is 10.1 Å². The maximum atomic E-state index is 15.2. The van der Waals surface area contributed by atoms with E-state index in [1.54, 1.807) is 25.3 Å². The third-order valence-corrected chi connectivity index (χ3v) is 7.30. The van der Waals surface area contributed by atoms with Crippen LogP contribution in [0.1, 0.15) is 54.2 Å². The minimum Gasteiger partial charge on any atom is -0.493 e. The lowest BCUT2D eigenvalue weighted by Gasteiger charge is -2.29. The summed E-state index contributed by atoms with van der Waals surface area (Å²) in [5, 5.41) is 17.9. The molecule has 1 fully saturated rings. The summed E-state index contributed by atoms with van der Waals surface area (Å²) in [5.41, 5.74) is 1.84. The van der Waals surface area contributed by atoms with E-state index in [2.05, 4.69) is 0 Å². The van der Waals surface area contributed by atoms with Gasteiger partial charge >= 0.3 is 5.97 Å². The number of rotatable bonds is 10. The number of hydrogen-bond acceptors (Lipinski definition) is 8. The van der Waals surface area contributed by atoms with Crippen LogP contribution in [0.5, 0.6) is 17.2 Å². The number of hydrogen-bond donors (Lipinski definition) is 2. The molecule has 1 unspecified atom stereocenters. The van der Waals surface area contributed by atoms with Gasteiger partial charge in [-0.05, 0) is 35.6 Å². The van der Waals surface area contributed by atoms with E-state index in [9.17, 15) is 14.7 Å². The largest absolute Gasteiger partial charge is 0.493 e. The molecule has 2 aromatic carbocycles. The van der Waals surface area contributed by atoms with Crippen LogP contribution in [-0.4, -0.2) is 81.3 Å². The molecule has 0 aliphatic carbocycles. The fourth-order valence-electron chi connectivity index (χ4n) is 5.22. The molecule has 1 saturated heterocycles. The molecule has 10 nitrogen and oxygen atoms in total. The van der Waals surface area contributed by atoms with Gasteiger partial charge in [0, 0.05) is 37.9 Å². The molecular formula is C29H37BrFN3O7. The van der Waals surface area contributed by atoms with Gasteiger partial charge in [0.05, 0.1) is 38.1 Å². The first-order valence-corrected chi connectivity index (χ1v) is 13.0. The molecule has 2 heterocycles. The van der Waals surface area contributed by atoms with E-state index >= 15 is 4.39 Å². The highest BCUT2D eigenvalue weighted by molar-refractivity contribution is 8.93. The number of carboxylic acids is 1. The molecule has 0 radical (unpaired) electrons. The van der Waals surface area contributed by atoms with Crippen LogP contribution in [0, 0.1) is 11.2 Å². The van der Waals surface area contributed by atoms with Gasteiger partial charge in [-0.1, -0.05) is 20.8 Å². The van der Waals surface area contributed by atoms with E-state index in [4.69, 9.17) is 24.4 Å². The Morgan fingerprint density at radius 3 is 2.39 bits per heavy atom. The van der Waals surface area contributed by atoms with Gasteiger partial charge in [0.25, 0.3) is 0 Å². The molecule has 41 heavy (non-hydrogen) atoms. The standard InChI is InChI=1S/C29H36FN3O7.BrH/c1-29(2,3)19-9-16(10-20(26(19)40-15-23(35)36)32-8-7-18(13-32)37-4)21(34)14-33-12-17-11-22(38-5)27(39-6)25(30)24(17)28(33)31;/h9-11,18,31H,7-8,12-15H2,1-6H3,(H,35,36);1H. The van der Waals surface area contributed by atoms with Crippen LogP contribution >= 0.6 is 17.0 Å². The third-order valence-electron chi connectivity index (χ3n) is 7.30. The molecular weight excluding hydrogens is 601 g/mol. The van der Waals surface area contributed by atoms with Crippen molar-refractivity contribution in [1.29, 1.82) is 5.41 Å². The topological polar surface area (TPSA) is 122 Å². The quantitative estimate of drug-likeness (QED) is 0.364. The van der Waals surface area contributed by atoms with E-state index in [0.717, 1.165) is 6.42 Å². The number of halogens is 2. The maximum Gasteiger partial charge on any atom is 0.341 e. The van der Waals surface area contributed by atoms with Gasteiger partial charge in [0.1, 0.15) is 11.6 Å². The van der Waals surface area contributed by atoms with Crippen LogP contribution in [0.25, 0.3) is 0 Å². The Balaban J connectivity index is 0.00000462. The smallest absolute Gasteiger partial charge is 0.341 e. The molecule has 2 aliphatic rings. The first kappa shape index (κ1) is 32.1. The number of methoxy groups -OCH3 is 3. The molecule has 0 aromatic heterocycles. The molecule has 12 heteroatoms. The summed E-state index contributed by atoms with van der Waals surface area (Å²) in [6, 6.07) is 5.07. The molecule has 2 aliphatic heterocycles. The SMILES string of the molecule is Br.COc1cc2c(c(F)c1OC)C(=N)N(CC(=O)c1cc(N3CCC(OC)C3)c(OCC(=O)O)c(C(C)(C)C)c1)C2. The number of carboxylic acid groups (broad SMARTS) is 1. The number of carbonyl (C=O) groups excluding carboxylic acids is 1. The van der Waals surface area contributed by atoms with Crippen molar-refractivity contribution in [2.24, 2.45) is 0 Å². The van der Waals surface area contributed by atoms with Crippen LogP contribution in [0.3, 0.4) is 0 Å². The van der Waals surface area contributed by atoms with Gasteiger partial charge in [-0.15, -0.1) is 17.0 Å². The molecule has 2 aromatic rings.